The minimum absolute atomic E-state index is 0.0655. The first-order chi connectivity index (χ1) is 9.00. The molecular formula is C13H16N2O3S. The van der Waals surface area contributed by atoms with E-state index in [1.54, 1.807) is 12.1 Å². The summed E-state index contributed by atoms with van der Waals surface area (Å²) >= 11 is 0. The second-order valence-corrected chi connectivity index (χ2v) is 6.40. The third kappa shape index (κ3) is 3.65. The minimum Gasteiger partial charge on any atom is -0.345 e. The fraction of sp³-hybridized carbons (Fsp3) is 0.308. The molecule has 1 aliphatic heterocycles. The Morgan fingerprint density at radius 3 is 2.53 bits per heavy atom. The van der Waals surface area contributed by atoms with Crippen molar-refractivity contribution < 1.29 is 13.2 Å². The predicted octanol–water partition coefficient (Wildman–Crippen LogP) is 0.228. The zero-order chi connectivity index (χ0) is 13.9. The highest BCUT2D eigenvalue weighted by molar-refractivity contribution is 7.94. The molecule has 0 bridgehead atoms. The van der Waals surface area contributed by atoms with Gasteiger partial charge in [0.2, 0.25) is 0 Å². The lowest BCUT2D eigenvalue weighted by molar-refractivity contribution is 0.0947. The summed E-state index contributed by atoms with van der Waals surface area (Å²) in [6, 6.07) is 6.69. The largest absolute Gasteiger partial charge is 0.345 e. The fourth-order valence-electron chi connectivity index (χ4n) is 1.91. The molecule has 1 atom stereocenters. The van der Waals surface area contributed by atoms with Crippen molar-refractivity contribution in [1.29, 1.82) is 0 Å². The van der Waals surface area contributed by atoms with Gasteiger partial charge in [-0.25, -0.2) is 8.42 Å². The second-order valence-electron chi connectivity index (χ2n) is 4.47. The van der Waals surface area contributed by atoms with Crippen LogP contribution in [0.5, 0.6) is 0 Å². The van der Waals surface area contributed by atoms with Crippen LogP contribution in [0.15, 0.2) is 35.7 Å². The summed E-state index contributed by atoms with van der Waals surface area (Å²) in [6.07, 6.45) is 2.27. The van der Waals surface area contributed by atoms with Gasteiger partial charge in [-0.15, -0.1) is 0 Å². The number of rotatable bonds is 4. The lowest BCUT2D eigenvalue weighted by Gasteiger charge is -2.10. The second kappa shape index (κ2) is 5.54. The number of benzene rings is 1. The zero-order valence-corrected chi connectivity index (χ0v) is 11.2. The lowest BCUT2D eigenvalue weighted by atomic mass is 10.1. The van der Waals surface area contributed by atoms with Crippen LogP contribution in [0.2, 0.25) is 0 Å². The maximum absolute atomic E-state index is 11.9. The first-order valence-electron chi connectivity index (χ1n) is 6.01. The van der Waals surface area contributed by atoms with E-state index in [2.05, 4.69) is 5.32 Å². The summed E-state index contributed by atoms with van der Waals surface area (Å²) in [7, 11) is -3.15. The van der Waals surface area contributed by atoms with Gasteiger partial charge in [0, 0.05) is 11.0 Å². The molecule has 1 amide bonds. The van der Waals surface area contributed by atoms with Gasteiger partial charge in [0.15, 0.2) is 9.84 Å². The Kier molecular flexibility index (Phi) is 4.01. The van der Waals surface area contributed by atoms with E-state index in [9.17, 15) is 13.2 Å². The normalized spacial score (nSPS) is 20.4. The zero-order valence-electron chi connectivity index (χ0n) is 10.4. The minimum atomic E-state index is -3.15. The molecule has 5 nitrogen and oxygen atoms in total. The van der Waals surface area contributed by atoms with Crippen LogP contribution in [0.25, 0.3) is 0 Å². The fourth-order valence-corrected chi connectivity index (χ4v) is 3.14. The van der Waals surface area contributed by atoms with Crippen molar-refractivity contribution in [3.63, 3.8) is 0 Å². The molecule has 0 saturated heterocycles. The van der Waals surface area contributed by atoms with Crippen molar-refractivity contribution in [2.24, 2.45) is 5.73 Å². The highest BCUT2D eigenvalue weighted by atomic mass is 32.2. The summed E-state index contributed by atoms with van der Waals surface area (Å²) < 4.78 is 22.5. The summed E-state index contributed by atoms with van der Waals surface area (Å²) in [5.41, 5.74) is 7.03. The number of carbonyl (C=O) groups excluding carboxylic acids is 1. The number of nitrogens with two attached hydrogens (primary N) is 1. The van der Waals surface area contributed by atoms with E-state index >= 15 is 0 Å². The molecule has 0 aromatic heterocycles. The third-order valence-electron chi connectivity index (χ3n) is 2.90. The van der Waals surface area contributed by atoms with Gasteiger partial charge in [0.1, 0.15) is 0 Å². The molecule has 102 valence electrons. The van der Waals surface area contributed by atoms with E-state index in [4.69, 9.17) is 5.73 Å². The van der Waals surface area contributed by atoms with Crippen molar-refractivity contribution in [3.8, 4) is 0 Å². The van der Waals surface area contributed by atoms with E-state index in [1.165, 1.54) is 6.08 Å². The van der Waals surface area contributed by atoms with Crippen LogP contribution in [-0.2, 0) is 16.3 Å². The Morgan fingerprint density at radius 1 is 1.32 bits per heavy atom. The van der Waals surface area contributed by atoms with E-state index in [0.717, 1.165) is 17.4 Å². The molecule has 0 aliphatic carbocycles. The van der Waals surface area contributed by atoms with Gasteiger partial charge >= 0.3 is 0 Å². The van der Waals surface area contributed by atoms with Crippen LogP contribution in [0, 0.1) is 0 Å². The highest BCUT2D eigenvalue weighted by Crippen LogP contribution is 2.10. The van der Waals surface area contributed by atoms with Gasteiger partial charge in [-0.1, -0.05) is 12.1 Å². The van der Waals surface area contributed by atoms with Gasteiger partial charge in [-0.05, 0) is 36.7 Å². The monoisotopic (exact) mass is 280 g/mol. The van der Waals surface area contributed by atoms with E-state index in [0.29, 0.717) is 12.1 Å². The van der Waals surface area contributed by atoms with E-state index < -0.39 is 15.9 Å². The third-order valence-corrected chi connectivity index (χ3v) is 4.29. The summed E-state index contributed by atoms with van der Waals surface area (Å²) in [5, 5.41) is 3.81. The molecular weight excluding hydrogens is 264 g/mol. The van der Waals surface area contributed by atoms with Gasteiger partial charge in [-0.2, -0.15) is 0 Å². The smallest absolute Gasteiger partial charge is 0.251 e. The average molecular weight is 280 g/mol. The number of amides is 1. The topological polar surface area (TPSA) is 89.3 Å². The molecule has 1 aromatic rings. The maximum Gasteiger partial charge on any atom is 0.251 e. The molecule has 0 spiro atoms. The standard InChI is InChI=1S/C13H16N2O3S/c14-7-5-10-1-3-11(4-2-10)13(16)15-12-6-8-19(17,18)9-12/h1-4,6,8,12H,5,7,9,14H2,(H,15,16). The van der Waals surface area contributed by atoms with Crippen LogP contribution in [-0.4, -0.2) is 32.7 Å². The van der Waals surface area contributed by atoms with Gasteiger partial charge < -0.3 is 11.1 Å². The number of sulfone groups is 1. The Labute approximate surface area is 112 Å². The van der Waals surface area contributed by atoms with Crippen LogP contribution in [0.1, 0.15) is 15.9 Å². The van der Waals surface area contributed by atoms with E-state index in [-0.39, 0.29) is 11.7 Å². The summed E-state index contributed by atoms with van der Waals surface area (Å²) in [4.78, 5) is 11.9. The molecule has 0 fully saturated rings. The molecule has 1 heterocycles. The molecule has 0 saturated carbocycles. The van der Waals surface area contributed by atoms with Crippen molar-refractivity contribution in [3.05, 3.63) is 46.9 Å². The molecule has 3 N–H and O–H groups in total. The van der Waals surface area contributed by atoms with Crippen LogP contribution in [0.4, 0.5) is 0 Å². The molecule has 1 unspecified atom stereocenters. The number of carbonyl (C=O) groups is 1. The van der Waals surface area contributed by atoms with Gasteiger partial charge in [0.05, 0.1) is 11.8 Å². The van der Waals surface area contributed by atoms with Crippen LogP contribution in [0.3, 0.4) is 0 Å². The predicted molar refractivity (Wildman–Crippen MR) is 73.4 cm³/mol. The molecule has 0 radical (unpaired) electrons. The lowest BCUT2D eigenvalue weighted by Crippen LogP contribution is -2.35. The summed E-state index contributed by atoms with van der Waals surface area (Å²) in [5.74, 6) is -0.338. The Hall–Kier alpha value is -1.66. The Balaban J connectivity index is 1.99. The number of hydrogen-bond donors (Lipinski definition) is 2. The molecule has 2 rings (SSSR count). The quantitative estimate of drug-likeness (QED) is 0.826. The average Bonchev–Trinajstić information content (AvgIpc) is 2.70. The molecule has 19 heavy (non-hydrogen) atoms. The SMILES string of the molecule is NCCc1ccc(C(=O)NC2C=CS(=O)(=O)C2)cc1. The summed E-state index contributed by atoms with van der Waals surface area (Å²) in [6.45, 7) is 0.566. The molecule has 1 aromatic carbocycles. The number of hydrogen-bond acceptors (Lipinski definition) is 4. The van der Waals surface area contributed by atoms with Crippen molar-refractivity contribution in [2.45, 2.75) is 12.5 Å². The van der Waals surface area contributed by atoms with Gasteiger partial charge in [0.25, 0.3) is 5.91 Å². The van der Waals surface area contributed by atoms with Gasteiger partial charge in [-0.3, -0.25) is 4.79 Å². The Bertz CT molecular complexity index is 591. The molecule has 6 heteroatoms. The number of nitrogens with one attached hydrogen (secondary N) is 1. The Morgan fingerprint density at radius 2 is 2.00 bits per heavy atom. The van der Waals surface area contributed by atoms with Crippen molar-refractivity contribution >= 4 is 15.7 Å². The first-order valence-corrected chi connectivity index (χ1v) is 7.72. The van der Waals surface area contributed by atoms with Crippen molar-refractivity contribution in [2.75, 3.05) is 12.3 Å². The van der Waals surface area contributed by atoms with E-state index in [1.807, 2.05) is 12.1 Å². The van der Waals surface area contributed by atoms with Crippen LogP contribution >= 0.6 is 0 Å². The molecule has 1 aliphatic rings. The van der Waals surface area contributed by atoms with Crippen molar-refractivity contribution in [1.82, 2.24) is 5.32 Å². The highest BCUT2D eigenvalue weighted by Gasteiger charge is 2.23. The maximum atomic E-state index is 11.9. The van der Waals surface area contributed by atoms with Crippen LogP contribution < -0.4 is 11.1 Å². The first kappa shape index (κ1) is 13.8.